The molecule has 0 saturated carbocycles. The first-order valence-electron chi connectivity index (χ1n) is 5.16. The molecule has 1 heterocycles. The van der Waals surface area contributed by atoms with Crippen LogP contribution in [0.25, 0.3) is 0 Å². The summed E-state index contributed by atoms with van der Waals surface area (Å²) in [5, 5.41) is 13.0. The Bertz CT molecular complexity index is 337. The van der Waals surface area contributed by atoms with Crippen molar-refractivity contribution >= 4 is 17.3 Å². The number of anilines is 1. The molecule has 0 spiro atoms. The number of hydrogen-bond acceptors (Lipinski definition) is 3. The molecule has 0 bridgehead atoms. The second-order valence-corrected chi connectivity index (χ2v) is 4.08. The summed E-state index contributed by atoms with van der Waals surface area (Å²) in [7, 11) is 0. The highest BCUT2D eigenvalue weighted by molar-refractivity contribution is 6.31. The largest absolute Gasteiger partial charge is 0.392 e. The van der Waals surface area contributed by atoms with Crippen LogP contribution < -0.4 is 10.2 Å². The van der Waals surface area contributed by atoms with Crippen LogP contribution in [0.2, 0.25) is 5.02 Å². The molecule has 0 aromatic heterocycles. The summed E-state index contributed by atoms with van der Waals surface area (Å²) in [5.41, 5.74) is 1.93. The fourth-order valence-electron chi connectivity index (χ4n) is 1.78. The Morgan fingerprint density at radius 2 is 2.07 bits per heavy atom. The molecule has 1 aliphatic rings. The van der Waals surface area contributed by atoms with E-state index in [1.165, 1.54) is 0 Å². The zero-order chi connectivity index (χ0) is 10.7. The summed E-state index contributed by atoms with van der Waals surface area (Å²) in [6.07, 6.45) is 0. The van der Waals surface area contributed by atoms with Gasteiger partial charge in [0.25, 0.3) is 0 Å². The number of hydrogen-bond donors (Lipinski definition) is 2. The molecule has 82 valence electrons. The minimum Gasteiger partial charge on any atom is -0.392 e. The lowest BCUT2D eigenvalue weighted by molar-refractivity contribution is 0.282. The normalized spacial score (nSPS) is 16.8. The van der Waals surface area contributed by atoms with Crippen molar-refractivity contribution < 1.29 is 5.11 Å². The summed E-state index contributed by atoms with van der Waals surface area (Å²) in [6, 6.07) is 5.83. The van der Waals surface area contributed by atoms with Crippen LogP contribution in [0.15, 0.2) is 18.2 Å². The second kappa shape index (κ2) is 4.84. The number of nitrogens with zero attached hydrogens (tertiary/aromatic N) is 1. The Labute approximate surface area is 94.7 Å². The monoisotopic (exact) mass is 226 g/mol. The molecule has 1 aliphatic heterocycles. The van der Waals surface area contributed by atoms with Crippen molar-refractivity contribution in [2.45, 2.75) is 6.61 Å². The maximum absolute atomic E-state index is 9.01. The van der Waals surface area contributed by atoms with E-state index in [0.717, 1.165) is 37.4 Å². The fourth-order valence-corrected chi connectivity index (χ4v) is 2.02. The summed E-state index contributed by atoms with van der Waals surface area (Å²) in [6.45, 7) is 4.04. The molecule has 1 saturated heterocycles. The van der Waals surface area contributed by atoms with E-state index >= 15 is 0 Å². The molecule has 0 aliphatic carbocycles. The first kappa shape index (κ1) is 10.7. The lowest BCUT2D eigenvalue weighted by Crippen LogP contribution is -2.43. The van der Waals surface area contributed by atoms with Gasteiger partial charge in [-0.3, -0.25) is 0 Å². The number of benzene rings is 1. The van der Waals surface area contributed by atoms with Gasteiger partial charge in [0.05, 0.1) is 6.61 Å². The SMILES string of the molecule is OCc1ccc(N2CCNCC2)cc1Cl. The summed E-state index contributed by atoms with van der Waals surface area (Å²) in [4.78, 5) is 2.30. The van der Waals surface area contributed by atoms with E-state index in [9.17, 15) is 0 Å². The van der Waals surface area contributed by atoms with E-state index in [4.69, 9.17) is 16.7 Å². The zero-order valence-electron chi connectivity index (χ0n) is 8.54. The Kier molecular flexibility index (Phi) is 3.46. The van der Waals surface area contributed by atoms with E-state index in [0.29, 0.717) is 5.02 Å². The van der Waals surface area contributed by atoms with Crippen molar-refractivity contribution in [3.8, 4) is 0 Å². The predicted octanol–water partition coefficient (Wildman–Crippen LogP) is 1.24. The minimum atomic E-state index is 0.000664. The molecule has 3 nitrogen and oxygen atoms in total. The maximum Gasteiger partial charge on any atom is 0.0696 e. The minimum absolute atomic E-state index is 0.000664. The lowest BCUT2D eigenvalue weighted by atomic mass is 10.2. The average Bonchev–Trinajstić information content (AvgIpc) is 2.30. The van der Waals surface area contributed by atoms with Gasteiger partial charge < -0.3 is 15.3 Å². The fraction of sp³-hybridized carbons (Fsp3) is 0.455. The first-order chi connectivity index (χ1) is 7.31. The maximum atomic E-state index is 9.01. The van der Waals surface area contributed by atoms with Crippen molar-refractivity contribution in [3.05, 3.63) is 28.8 Å². The first-order valence-corrected chi connectivity index (χ1v) is 5.54. The van der Waals surface area contributed by atoms with Gasteiger partial charge in [-0.15, -0.1) is 0 Å². The van der Waals surface area contributed by atoms with Gasteiger partial charge >= 0.3 is 0 Å². The summed E-state index contributed by atoms with van der Waals surface area (Å²) >= 11 is 6.05. The average molecular weight is 227 g/mol. The van der Waals surface area contributed by atoms with Gasteiger partial charge in [-0.25, -0.2) is 0 Å². The molecule has 0 unspecified atom stereocenters. The molecule has 15 heavy (non-hydrogen) atoms. The van der Waals surface area contributed by atoms with Crippen LogP contribution in [-0.4, -0.2) is 31.3 Å². The molecule has 0 atom stereocenters. The Balaban J connectivity index is 2.17. The van der Waals surface area contributed by atoms with Crippen LogP contribution in [0.4, 0.5) is 5.69 Å². The van der Waals surface area contributed by atoms with E-state index in [1.54, 1.807) is 0 Å². The van der Waals surface area contributed by atoms with Crippen LogP contribution in [0.3, 0.4) is 0 Å². The Hall–Kier alpha value is -0.770. The Morgan fingerprint density at radius 3 is 2.67 bits per heavy atom. The van der Waals surface area contributed by atoms with Gasteiger partial charge in [0.2, 0.25) is 0 Å². The number of aliphatic hydroxyl groups is 1. The summed E-state index contributed by atoms with van der Waals surface area (Å²) < 4.78 is 0. The van der Waals surface area contributed by atoms with Gasteiger partial charge in [-0.05, 0) is 17.7 Å². The quantitative estimate of drug-likeness (QED) is 0.797. The van der Waals surface area contributed by atoms with Gasteiger partial charge in [-0.2, -0.15) is 0 Å². The van der Waals surface area contributed by atoms with Gasteiger partial charge in [0, 0.05) is 36.9 Å². The van der Waals surface area contributed by atoms with Crippen molar-refractivity contribution in [2.24, 2.45) is 0 Å². The van der Waals surface area contributed by atoms with Crippen LogP contribution in [0.1, 0.15) is 5.56 Å². The summed E-state index contributed by atoms with van der Waals surface area (Å²) in [5.74, 6) is 0. The van der Waals surface area contributed by atoms with Gasteiger partial charge in [-0.1, -0.05) is 17.7 Å². The standard InChI is InChI=1S/C11H15ClN2O/c12-11-7-10(2-1-9(11)8-15)14-5-3-13-4-6-14/h1-2,7,13,15H,3-6,8H2. The van der Waals surface area contributed by atoms with Gasteiger partial charge in [0.1, 0.15) is 0 Å². The third-order valence-corrected chi connectivity index (χ3v) is 3.04. The molecular weight excluding hydrogens is 212 g/mol. The molecular formula is C11H15ClN2O. The molecule has 0 radical (unpaired) electrons. The highest BCUT2D eigenvalue weighted by Gasteiger charge is 2.11. The van der Waals surface area contributed by atoms with Crippen LogP contribution in [0.5, 0.6) is 0 Å². The van der Waals surface area contributed by atoms with Crippen LogP contribution in [-0.2, 0) is 6.61 Å². The zero-order valence-corrected chi connectivity index (χ0v) is 9.30. The third kappa shape index (κ3) is 2.43. The molecule has 1 aromatic carbocycles. The molecule has 4 heteroatoms. The highest BCUT2D eigenvalue weighted by Crippen LogP contribution is 2.23. The smallest absolute Gasteiger partial charge is 0.0696 e. The van der Waals surface area contributed by atoms with E-state index in [1.807, 2.05) is 18.2 Å². The molecule has 2 rings (SSSR count). The van der Waals surface area contributed by atoms with Crippen molar-refractivity contribution in [1.29, 1.82) is 0 Å². The second-order valence-electron chi connectivity index (χ2n) is 3.67. The van der Waals surface area contributed by atoms with Crippen LogP contribution in [0, 0.1) is 0 Å². The van der Waals surface area contributed by atoms with Crippen molar-refractivity contribution in [1.82, 2.24) is 5.32 Å². The van der Waals surface area contributed by atoms with Crippen molar-refractivity contribution in [3.63, 3.8) is 0 Å². The molecule has 1 aromatic rings. The third-order valence-electron chi connectivity index (χ3n) is 2.69. The highest BCUT2D eigenvalue weighted by atomic mass is 35.5. The van der Waals surface area contributed by atoms with E-state index in [-0.39, 0.29) is 6.61 Å². The molecule has 0 amide bonds. The number of halogens is 1. The number of rotatable bonds is 2. The number of piperazine rings is 1. The van der Waals surface area contributed by atoms with Crippen molar-refractivity contribution in [2.75, 3.05) is 31.1 Å². The van der Waals surface area contributed by atoms with Gasteiger partial charge in [0.15, 0.2) is 0 Å². The molecule has 1 fully saturated rings. The Morgan fingerprint density at radius 1 is 1.33 bits per heavy atom. The predicted molar refractivity (Wildman–Crippen MR) is 62.5 cm³/mol. The van der Waals surface area contributed by atoms with E-state index in [2.05, 4.69) is 10.2 Å². The molecule has 2 N–H and O–H groups in total. The number of nitrogens with one attached hydrogen (secondary N) is 1. The van der Waals surface area contributed by atoms with Crippen LogP contribution >= 0.6 is 11.6 Å². The lowest BCUT2D eigenvalue weighted by Gasteiger charge is -2.29. The number of aliphatic hydroxyl groups excluding tert-OH is 1. The topological polar surface area (TPSA) is 35.5 Å². The van der Waals surface area contributed by atoms with E-state index < -0.39 is 0 Å².